The molecule has 0 spiro atoms. The number of rotatable bonds is 4. The molecule has 2 amide bonds. The minimum Gasteiger partial charge on any atom is -0.469 e. The Kier molecular flexibility index (Phi) is 5.22. The zero-order valence-corrected chi connectivity index (χ0v) is 17.0. The number of amides is 2. The van der Waals surface area contributed by atoms with E-state index < -0.39 is 0 Å². The molecule has 0 aliphatic heterocycles. The van der Waals surface area contributed by atoms with Crippen LogP contribution in [-0.2, 0) is 6.42 Å². The Morgan fingerprint density at radius 1 is 1.10 bits per heavy atom. The first-order chi connectivity index (χ1) is 14.4. The molecule has 8 nitrogen and oxygen atoms in total. The molecular formula is C22H22N4O4. The number of anilines is 1. The van der Waals surface area contributed by atoms with Crippen molar-refractivity contribution >= 4 is 23.3 Å². The molecule has 8 heteroatoms. The molecule has 0 saturated heterocycles. The molecule has 0 radical (unpaired) electrons. The SMILES string of the molecule is Cc1cccc(NC(=O)c2oc3c(c2C)/C(=N/NC(=O)c2ccoc2C)CCC3)n1. The van der Waals surface area contributed by atoms with E-state index >= 15 is 0 Å². The van der Waals surface area contributed by atoms with Gasteiger partial charge in [-0.2, -0.15) is 5.10 Å². The second-order valence-corrected chi connectivity index (χ2v) is 7.22. The average Bonchev–Trinajstić information content (AvgIpc) is 3.30. The zero-order valence-electron chi connectivity index (χ0n) is 17.0. The van der Waals surface area contributed by atoms with E-state index in [1.165, 1.54) is 6.26 Å². The minimum atomic E-state index is -0.364. The predicted octanol–water partition coefficient (Wildman–Crippen LogP) is 3.92. The molecule has 3 aromatic rings. The maximum atomic E-state index is 12.8. The van der Waals surface area contributed by atoms with Crippen molar-refractivity contribution in [3.8, 4) is 0 Å². The van der Waals surface area contributed by atoms with E-state index in [4.69, 9.17) is 8.83 Å². The highest BCUT2D eigenvalue weighted by atomic mass is 16.4. The van der Waals surface area contributed by atoms with Crippen molar-refractivity contribution in [3.05, 3.63) is 70.2 Å². The highest BCUT2D eigenvalue weighted by Crippen LogP contribution is 2.30. The van der Waals surface area contributed by atoms with Crippen LogP contribution in [0, 0.1) is 20.8 Å². The average molecular weight is 406 g/mol. The predicted molar refractivity (Wildman–Crippen MR) is 111 cm³/mol. The molecule has 154 valence electrons. The second kappa shape index (κ2) is 7.98. The van der Waals surface area contributed by atoms with Crippen molar-refractivity contribution in [1.82, 2.24) is 10.4 Å². The van der Waals surface area contributed by atoms with Crippen LogP contribution in [0.4, 0.5) is 5.82 Å². The normalized spacial score (nSPS) is 14.4. The third kappa shape index (κ3) is 3.76. The van der Waals surface area contributed by atoms with Crippen molar-refractivity contribution in [2.75, 3.05) is 5.32 Å². The second-order valence-electron chi connectivity index (χ2n) is 7.22. The summed E-state index contributed by atoms with van der Waals surface area (Å²) in [4.78, 5) is 29.4. The number of hydrogen-bond donors (Lipinski definition) is 2. The number of fused-ring (bicyclic) bond motifs is 1. The number of hydrogen-bond acceptors (Lipinski definition) is 6. The smallest absolute Gasteiger partial charge is 0.292 e. The number of nitrogens with zero attached hydrogens (tertiary/aromatic N) is 2. The number of hydrazone groups is 1. The summed E-state index contributed by atoms with van der Waals surface area (Å²) >= 11 is 0. The van der Waals surface area contributed by atoms with Gasteiger partial charge in [0.2, 0.25) is 0 Å². The monoisotopic (exact) mass is 406 g/mol. The summed E-state index contributed by atoms with van der Waals surface area (Å²) in [5.74, 6) is 1.22. The van der Waals surface area contributed by atoms with Crippen LogP contribution >= 0.6 is 0 Å². The number of furan rings is 2. The van der Waals surface area contributed by atoms with Gasteiger partial charge < -0.3 is 14.2 Å². The molecular weight excluding hydrogens is 384 g/mol. The Morgan fingerprint density at radius 2 is 1.93 bits per heavy atom. The van der Waals surface area contributed by atoms with Gasteiger partial charge in [0.15, 0.2) is 5.76 Å². The van der Waals surface area contributed by atoms with Crippen molar-refractivity contribution in [2.24, 2.45) is 5.10 Å². The Balaban J connectivity index is 1.58. The lowest BCUT2D eigenvalue weighted by Crippen LogP contribution is -2.22. The van der Waals surface area contributed by atoms with E-state index in [1.807, 2.05) is 26.0 Å². The number of aromatic nitrogens is 1. The molecule has 4 rings (SSSR count). The van der Waals surface area contributed by atoms with Gasteiger partial charge in [0.25, 0.3) is 11.8 Å². The topological polar surface area (TPSA) is 110 Å². The minimum absolute atomic E-state index is 0.231. The quantitative estimate of drug-likeness (QED) is 0.638. The number of aryl methyl sites for hydroxylation is 3. The molecule has 3 aromatic heterocycles. The lowest BCUT2D eigenvalue weighted by molar-refractivity contribution is 0.0952. The summed E-state index contributed by atoms with van der Waals surface area (Å²) in [7, 11) is 0. The molecule has 0 saturated carbocycles. The summed E-state index contributed by atoms with van der Waals surface area (Å²) in [6, 6.07) is 7.01. The molecule has 1 aliphatic rings. The number of carbonyl (C=O) groups excluding carboxylic acids is 2. The summed E-state index contributed by atoms with van der Waals surface area (Å²) in [6.07, 6.45) is 3.67. The lowest BCUT2D eigenvalue weighted by Gasteiger charge is -2.13. The van der Waals surface area contributed by atoms with Crippen molar-refractivity contribution in [1.29, 1.82) is 0 Å². The fourth-order valence-electron chi connectivity index (χ4n) is 3.58. The van der Waals surface area contributed by atoms with Crippen molar-refractivity contribution < 1.29 is 18.4 Å². The van der Waals surface area contributed by atoms with E-state index in [-0.39, 0.29) is 17.6 Å². The molecule has 0 atom stereocenters. The highest BCUT2D eigenvalue weighted by molar-refractivity contribution is 6.09. The lowest BCUT2D eigenvalue weighted by atomic mass is 9.93. The molecule has 0 unspecified atom stereocenters. The molecule has 2 N–H and O–H groups in total. The molecule has 0 bridgehead atoms. The first kappa shape index (κ1) is 19.6. The van der Waals surface area contributed by atoms with Crippen LogP contribution in [0.3, 0.4) is 0 Å². The molecule has 3 heterocycles. The number of carbonyl (C=O) groups is 2. The standard InChI is InChI=1S/C22H22N4O4/c1-12-6-4-9-18(23-12)24-22(28)20-13(2)19-16(7-5-8-17(19)30-20)25-26-21(27)15-10-11-29-14(15)3/h4,6,9-11H,5,7-8H2,1-3H3,(H,26,27)(H,23,24,28)/b25-16+. The van der Waals surface area contributed by atoms with E-state index in [0.717, 1.165) is 17.7 Å². The van der Waals surface area contributed by atoms with Crippen LogP contribution in [0.15, 0.2) is 44.5 Å². The molecule has 0 fully saturated rings. The fourth-order valence-corrected chi connectivity index (χ4v) is 3.58. The maximum absolute atomic E-state index is 12.8. The van der Waals surface area contributed by atoms with Gasteiger partial charge in [-0.15, -0.1) is 0 Å². The Morgan fingerprint density at radius 3 is 2.67 bits per heavy atom. The van der Waals surface area contributed by atoms with Gasteiger partial charge in [0.05, 0.1) is 17.5 Å². The molecule has 1 aliphatic carbocycles. The van der Waals surface area contributed by atoms with Crippen molar-refractivity contribution in [2.45, 2.75) is 40.0 Å². The third-order valence-corrected chi connectivity index (χ3v) is 5.06. The Labute approximate surface area is 173 Å². The Hall–Kier alpha value is -3.68. The van der Waals surface area contributed by atoms with E-state index in [1.54, 1.807) is 19.1 Å². The number of pyridine rings is 1. The largest absolute Gasteiger partial charge is 0.469 e. The van der Waals surface area contributed by atoms with Crippen LogP contribution < -0.4 is 10.7 Å². The summed E-state index contributed by atoms with van der Waals surface area (Å²) in [5.41, 5.74) is 6.00. The van der Waals surface area contributed by atoms with Crippen molar-refractivity contribution in [3.63, 3.8) is 0 Å². The van der Waals surface area contributed by atoms with E-state index in [0.29, 0.717) is 47.0 Å². The van der Waals surface area contributed by atoms with Crippen LogP contribution in [0.1, 0.15) is 62.1 Å². The summed E-state index contributed by atoms with van der Waals surface area (Å²) < 4.78 is 11.0. The first-order valence-corrected chi connectivity index (χ1v) is 9.72. The Bertz CT molecular complexity index is 1160. The van der Waals surface area contributed by atoms with E-state index in [2.05, 4.69) is 20.8 Å². The fraction of sp³-hybridized carbons (Fsp3) is 0.273. The maximum Gasteiger partial charge on any atom is 0.292 e. The van der Waals surface area contributed by atoms with Crippen LogP contribution in [0.25, 0.3) is 0 Å². The van der Waals surface area contributed by atoms with Gasteiger partial charge in [-0.25, -0.2) is 10.4 Å². The van der Waals surface area contributed by atoms with Gasteiger partial charge in [0.1, 0.15) is 17.3 Å². The summed E-state index contributed by atoms with van der Waals surface area (Å²) in [6.45, 7) is 5.40. The molecule has 30 heavy (non-hydrogen) atoms. The number of nitrogens with one attached hydrogen (secondary N) is 2. The first-order valence-electron chi connectivity index (χ1n) is 9.72. The summed E-state index contributed by atoms with van der Waals surface area (Å²) in [5, 5.41) is 7.10. The third-order valence-electron chi connectivity index (χ3n) is 5.06. The van der Waals surface area contributed by atoms with Gasteiger partial charge in [-0.1, -0.05) is 6.07 Å². The van der Waals surface area contributed by atoms with Crippen LogP contribution in [-0.4, -0.2) is 22.5 Å². The van der Waals surface area contributed by atoms with Gasteiger partial charge in [0, 0.05) is 23.2 Å². The van der Waals surface area contributed by atoms with Gasteiger partial charge >= 0.3 is 0 Å². The zero-order chi connectivity index (χ0) is 21.3. The molecule has 0 aromatic carbocycles. The van der Waals surface area contributed by atoms with Gasteiger partial charge in [-0.3, -0.25) is 9.59 Å². The van der Waals surface area contributed by atoms with Crippen LogP contribution in [0.5, 0.6) is 0 Å². The van der Waals surface area contributed by atoms with Gasteiger partial charge in [-0.05, 0) is 51.8 Å². The van der Waals surface area contributed by atoms with E-state index in [9.17, 15) is 9.59 Å². The highest BCUT2D eigenvalue weighted by Gasteiger charge is 2.28. The van der Waals surface area contributed by atoms with Crippen LogP contribution in [0.2, 0.25) is 0 Å².